The van der Waals surface area contributed by atoms with E-state index in [1.807, 2.05) is 25.1 Å². The molecule has 0 radical (unpaired) electrons. The molecule has 1 aromatic rings. The zero-order valence-corrected chi connectivity index (χ0v) is 8.20. The summed E-state index contributed by atoms with van der Waals surface area (Å²) in [6, 6.07) is 10.7. The summed E-state index contributed by atoms with van der Waals surface area (Å²) in [4.78, 5) is 0. The highest BCUT2D eigenvalue weighted by atomic mass is 16.3. The molecule has 0 aliphatic heterocycles. The molecule has 2 atom stereocenters. The SMILES string of the molecule is CC(CO)NC(C)c1ccccc1. The standard InChI is InChI=1S/C11H17NO/c1-9(8-13)12-10(2)11-6-4-3-5-7-11/h3-7,9-10,12-13H,8H2,1-2H3. The minimum absolute atomic E-state index is 0.148. The topological polar surface area (TPSA) is 32.3 Å². The van der Waals surface area contributed by atoms with Crippen LogP contribution in [0.5, 0.6) is 0 Å². The third-order valence-electron chi connectivity index (χ3n) is 2.11. The van der Waals surface area contributed by atoms with E-state index >= 15 is 0 Å². The lowest BCUT2D eigenvalue weighted by Crippen LogP contribution is -2.31. The Morgan fingerprint density at radius 3 is 2.38 bits per heavy atom. The Balaban J connectivity index is 2.53. The second-order valence-corrected chi connectivity index (χ2v) is 3.38. The maximum atomic E-state index is 8.87. The average molecular weight is 179 g/mol. The van der Waals surface area contributed by atoms with Gasteiger partial charge in [-0.05, 0) is 19.4 Å². The molecule has 0 amide bonds. The van der Waals surface area contributed by atoms with E-state index in [0.717, 1.165) is 0 Å². The number of aliphatic hydroxyl groups excluding tert-OH is 1. The monoisotopic (exact) mass is 179 g/mol. The maximum absolute atomic E-state index is 8.87. The van der Waals surface area contributed by atoms with Gasteiger partial charge in [-0.1, -0.05) is 30.3 Å². The Morgan fingerprint density at radius 2 is 1.85 bits per heavy atom. The molecule has 1 aromatic carbocycles. The molecule has 0 fully saturated rings. The first-order chi connectivity index (χ1) is 6.24. The maximum Gasteiger partial charge on any atom is 0.0582 e. The molecule has 2 heteroatoms. The van der Waals surface area contributed by atoms with Crippen LogP contribution in [-0.4, -0.2) is 17.8 Å². The minimum atomic E-state index is 0.148. The van der Waals surface area contributed by atoms with Crippen LogP contribution in [-0.2, 0) is 0 Å². The molecule has 2 nitrogen and oxygen atoms in total. The van der Waals surface area contributed by atoms with Crippen LogP contribution in [0, 0.1) is 0 Å². The van der Waals surface area contributed by atoms with Gasteiger partial charge in [0.15, 0.2) is 0 Å². The summed E-state index contributed by atoms with van der Waals surface area (Å²) in [6.07, 6.45) is 0. The summed E-state index contributed by atoms with van der Waals surface area (Å²) in [5.41, 5.74) is 1.25. The van der Waals surface area contributed by atoms with Crippen molar-refractivity contribution < 1.29 is 5.11 Å². The van der Waals surface area contributed by atoms with Crippen LogP contribution in [0.25, 0.3) is 0 Å². The fourth-order valence-electron chi connectivity index (χ4n) is 1.32. The first-order valence-corrected chi connectivity index (χ1v) is 4.66. The highest BCUT2D eigenvalue weighted by molar-refractivity contribution is 5.18. The van der Waals surface area contributed by atoms with Crippen molar-refractivity contribution in [3.63, 3.8) is 0 Å². The summed E-state index contributed by atoms with van der Waals surface area (Å²) in [5, 5.41) is 12.2. The Kier molecular flexibility index (Phi) is 3.93. The van der Waals surface area contributed by atoms with Gasteiger partial charge in [0, 0.05) is 12.1 Å². The van der Waals surface area contributed by atoms with Crippen molar-refractivity contribution in [2.75, 3.05) is 6.61 Å². The Labute approximate surface area is 79.6 Å². The smallest absolute Gasteiger partial charge is 0.0582 e. The van der Waals surface area contributed by atoms with Crippen molar-refractivity contribution in [2.45, 2.75) is 25.9 Å². The molecule has 72 valence electrons. The predicted octanol–water partition coefficient (Wildman–Crippen LogP) is 1.72. The van der Waals surface area contributed by atoms with Gasteiger partial charge in [-0.2, -0.15) is 0 Å². The van der Waals surface area contributed by atoms with Crippen molar-refractivity contribution >= 4 is 0 Å². The predicted molar refractivity (Wildman–Crippen MR) is 54.5 cm³/mol. The molecule has 2 unspecified atom stereocenters. The van der Waals surface area contributed by atoms with E-state index in [1.54, 1.807) is 0 Å². The zero-order valence-electron chi connectivity index (χ0n) is 8.20. The number of hydrogen-bond donors (Lipinski definition) is 2. The number of rotatable bonds is 4. The van der Waals surface area contributed by atoms with Crippen molar-refractivity contribution in [2.24, 2.45) is 0 Å². The van der Waals surface area contributed by atoms with E-state index < -0.39 is 0 Å². The molecule has 0 saturated carbocycles. The molecule has 0 heterocycles. The van der Waals surface area contributed by atoms with E-state index in [-0.39, 0.29) is 12.6 Å². The summed E-state index contributed by atoms with van der Waals surface area (Å²) < 4.78 is 0. The molecule has 0 aromatic heterocycles. The van der Waals surface area contributed by atoms with Gasteiger partial charge in [-0.25, -0.2) is 0 Å². The van der Waals surface area contributed by atoms with Gasteiger partial charge in [-0.15, -0.1) is 0 Å². The van der Waals surface area contributed by atoms with Crippen LogP contribution >= 0.6 is 0 Å². The molecule has 0 bridgehead atoms. The average Bonchev–Trinajstić information content (AvgIpc) is 2.19. The van der Waals surface area contributed by atoms with Gasteiger partial charge in [0.25, 0.3) is 0 Å². The lowest BCUT2D eigenvalue weighted by atomic mass is 10.1. The van der Waals surface area contributed by atoms with Crippen LogP contribution in [0.2, 0.25) is 0 Å². The van der Waals surface area contributed by atoms with Crippen LogP contribution in [0.1, 0.15) is 25.5 Å². The number of aliphatic hydroxyl groups is 1. The molecule has 1 rings (SSSR count). The van der Waals surface area contributed by atoms with Gasteiger partial charge in [0.1, 0.15) is 0 Å². The van der Waals surface area contributed by atoms with Crippen LogP contribution in [0.15, 0.2) is 30.3 Å². The Morgan fingerprint density at radius 1 is 1.23 bits per heavy atom. The van der Waals surface area contributed by atoms with Crippen LogP contribution < -0.4 is 5.32 Å². The highest BCUT2D eigenvalue weighted by Gasteiger charge is 2.06. The van der Waals surface area contributed by atoms with Crippen molar-refractivity contribution in [1.29, 1.82) is 0 Å². The lowest BCUT2D eigenvalue weighted by molar-refractivity contribution is 0.243. The third kappa shape index (κ3) is 3.17. The second-order valence-electron chi connectivity index (χ2n) is 3.38. The molecular weight excluding hydrogens is 162 g/mol. The summed E-state index contributed by atoms with van der Waals surface area (Å²) >= 11 is 0. The molecular formula is C11H17NO. The molecule has 13 heavy (non-hydrogen) atoms. The van der Waals surface area contributed by atoms with Gasteiger partial charge in [0.05, 0.1) is 6.61 Å². The molecule has 0 aliphatic carbocycles. The minimum Gasteiger partial charge on any atom is -0.395 e. The van der Waals surface area contributed by atoms with E-state index in [9.17, 15) is 0 Å². The number of benzene rings is 1. The van der Waals surface area contributed by atoms with Gasteiger partial charge in [-0.3, -0.25) is 0 Å². The molecule has 0 spiro atoms. The number of hydrogen-bond acceptors (Lipinski definition) is 2. The fourth-order valence-corrected chi connectivity index (χ4v) is 1.32. The van der Waals surface area contributed by atoms with E-state index in [0.29, 0.717) is 6.04 Å². The van der Waals surface area contributed by atoms with Gasteiger partial charge < -0.3 is 10.4 Å². The fraction of sp³-hybridized carbons (Fsp3) is 0.455. The quantitative estimate of drug-likeness (QED) is 0.737. The molecule has 0 aliphatic rings. The van der Waals surface area contributed by atoms with E-state index in [1.165, 1.54) is 5.56 Å². The summed E-state index contributed by atoms with van der Waals surface area (Å²) in [6.45, 7) is 4.25. The van der Waals surface area contributed by atoms with Crippen molar-refractivity contribution in [3.05, 3.63) is 35.9 Å². The normalized spacial score (nSPS) is 15.3. The summed E-state index contributed by atoms with van der Waals surface area (Å²) in [7, 11) is 0. The second kappa shape index (κ2) is 5.00. The summed E-state index contributed by atoms with van der Waals surface area (Å²) in [5.74, 6) is 0. The Bertz CT molecular complexity index is 235. The van der Waals surface area contributed by atoms with Crippen LogP contribution in [0.4, 0.5) is 0 Å². The first-order valence-electron chi connectivity index (χ1n) is 4.66. The van der Waals surface area contributed by atoms with Gasteiger partial charge in [0.2, 0.25) is 0 Å². The largest absolute Gasteiger partial charge is 0.395 e. The molecule has 0 saturated heterocycles. The lowest BCUT2D eigenvalue weighted by Gasteiger charge is -2.18. The molecule has 2 N–H and O–H groups in total. The van der Waals surface area contributed by atoms with Crippen molar-refractivity contribution in [1.82, 2.24) is 5.32 Å². The van der Waals surface area contributed by atoms with E-state index in [2.05, 4.69) is 24.4 Å². The zero-order chi connectivity index (χ0) is 9.68. The number of nitrogens with one attached hydrogen (secondary N) is 1. The Hall–Kier alpha value is -0.860. The first kappa shape index (κ1) is 10.2. The van der Waals surface area contributed by atoms with Crippen molar-refractivity contribution in [3.8, 4) is 0 Å². The highest BCUT2D eigenvalue weighted by Crippen LogP contribution is 2.11. The van der Waals surface area contributed by atoms with E-state index in [4.69, 9.17) is 5.11 Å². The van der Waals surface area contributed by atoms with Crippen LogP contribution in [0.3, 0.4) is 0 Å². The van der Waals surface area contributed by atoms with Gasteiger partial charge >= 0.3 is 0 Å². The third-order valence-corrected chi connectivity index (χ3v) is 2.11.